The standard InChI is InChI=1S/C21H21F5N2O4S/c1-3-8-32-18-11-15(21(24,25)26)6-4-14(18)5-7-19(29)27-12-13-9-16(22)20(17(23)10-13)28-33(2,30)31/h4-7,9-11,28H,3,8,12H2,1-2H3,(H,27,29)/b7-5+. The molecule has 2 N–H and O–H groups in total. The first-order valence-corrected chi connectivity index (χ1v) is 11.4. The second-order valence-corrected chi connectivity index (χ2v) is 8.71. The molecule has 0 saturated heterocycles. The molecule has 0 aliphatic heterocycles. The fourth-order valence-electron chi connectivity index (χ4n) is 2.61. The third kappa shape index (κ3) is 8.04. The Morgan fingerprint density at radius 2 is 1.76 bits per heavy atom. The largest absolute Gasteiger partial charge is 0.493 e. The topological polar surface area (TPSA) is 84.5 Å². The SMILES string of the molecule is CCCOc1cc(C(F)(F)F)ccc1/C=C/C(=O)NCc1cc(F)c(NS(C)(=O)=O)c(F)c1. The molecular formula is C21H21F5N2O4S. The minimum absolute atomic E-state index is 0.0206. The number of hydrogen-bond acceptors (Lipinski definition) is 4. The van der Waals surface area contributed by atoms with Crippen LogP contribution < -0.4 is 14.8 Å². The van der Waals surface area contributed by atoms with Crippen molar-refractivity contribution < 1.29 is 39.9 Å². The van der Waals surface area contributed by atoms with Crippen LogP contribution in [0.25, 0.3) is 6.08 Å². The molecule has 0 aliphatic rings. The Bertz CT molecular complexity index is 1120. The van der Waals surface area contributed by atoms with Gasteiger partial charge in [-0.2, -0.15) is 13.2 Å². The molecule has 2 rings (SSSR count). The van der Waals surface area contributed by atoms with Gasteiger partial charge in [-0.15, -0.1) is 0 Å². The molecule has 180 valence electrons. The molecule has 0 atom stereocenters. The highest BCUT2D eigenvalue weighted by Crippen LogP contribution is 2.33. The molecule has 2 aromatic carbocycles. The second-order valence-electron chi connectivity index (χ2n) is 6.96. The minimum atomic E-state index is -4.55. The van der Waals surface area contributed by atoms with Crippen molar-refractivity contribution in [3.05, 3.63) is 64.7 Å². The van der Waals surface area contributed by atoms with Gasteiger partial charge in [-0.3, -0.25) is 9.52 Å². The van der Waals surface area contributed by atoms with Crippen molar-refractivity contribution in [2.24, 2.45) is 0 Å². The van der Waals surface area contributed by atoms with E-state index in [1.807, 2.05) is 0 Å². The van der Waals surface area contributed by atoms with Crippen LogP contribution in [0.3, 0.4) is 0 Å². The lowest BCUT2D eigenvalue weighted by molar-refractivity contribution is -0.137. The van der Waals surface area contributed by atoms with Crippen molar-refractivity contribution in [2.75, 3.05) is 17.6 Å². The van der Waals surface area contributed by atoms with Gasteiger partial charge >= 0.3 is 6.18 Å². The zero-order valence-corrected chi connectivity index (χ0v) is 18.4. The van der Waals surface area contributed by atoms with Crippen LogP contribution in [0.2, 0.25) is 0 Å². The Morgan fingerprint density at radius 1 is 1.12 bits per heavy atom. The van der Waals surface area contributed by atoms with Crippen LogP contribution in [0.1, 0.15) is 30.0 Å². The molecule has 33 heavy (non-hydrogen) atoms. The number of anilines is 1. The summed E-state index contributed by atoms with van der Waals surface area (Å²) in [6, 6.07) is 4.56. The van der Waals surface area contributed by atoms with Crippen LogP contribution in [-0.2, 0) is 27.5 Å². The van der Waals surface area contributed by atoms with E-state index in [2.05, 4.69) is 5.32 Å². The van der Waals surface area contributed by atoms with Gasteiger partial charge in [0.2, 0.25) is 15.9 Å². The summed E-state index contributed by atoms with van der Waals surface area (Å²) >= 11 is 0. The predicted octanol–water partition coefficient (Wildman–Crippen LogP) is 4.47. The molecule has 0 radical (unpaired) electrons. The van der Waals surface area contributed by atoms with Crippen molar-refractivity contribution in [3.8, 4) is 5.75 Å². The van der Waals surface area contributed by atoms with E-state index in [1.165, 1.54) is 6.08 Å². The number of carbonyl (C=O) groups excluding carboxylic acids is 1. The van der Waals surface area contributed by atoms with Gasteiger partial charge < -0.3 is 10.1 Å². The average molecular weight is 492 g/mol. The summed E-state index contributed by atoms with van der Waals surface area (Å²) in [6.07, 6.45) is -0.970. The lowest BCUT2D eigenvalue weighted by Gasteiger charge is -2.12. The van der Waals surface area contributed by atoms with Gasteiger partial charge in [-0.1, -0.05) is 13.0 Å². The Balaban J connectivity index is 2.11. The van der Waals surface area contributed by atoms with E-state index >= 15 is 0 Å². The first kappa shape index (κ1) is 26.1. The molecule has 12 heteroatoms. The monoisotopic (exact) mass is 492 g/mol. The summed E-state index contributed by atoms with van der Waals surface area (Å²) in [6.45, 7) is 1.67. The predicted molar refractivity (Wildman–Crippen MR) is 113 cm³/mol. The van der Waals surface area contributed by atoms with E-state index in [9.17, 15) is 35.2 Å². The van der Waals surface area contributed by atoms with Crippen LogP contribution in [0, 0.1) is 11.6 Å². The van der Waals surface area contributed by atoms with E-state index in [1.54, 1.807) is 11.6 Å². The van der Waals surface area contributed by atoms with Crippen LogP contribution in [0.5, 0.6) is 5.75 Å². The number of benzene rings is 2. The van der Waals surface area contributed by atoms with Crippen molar-refractivity contribution in [1.29, 1.82) is 0 Å². The number of hydrogen-bond donors (Lipinski definition) is 2. The fraction of sp³-hybridized carbons (Fsp3) is 0.286. The van der Waals surface area contributed by atoms with E-state index in [4.69, 9.17) is 4.74 Å². The second kappa shape index (κ2) is 10.6. The maximum atomic E-state index is 14.0. The first-order chi connectivity index (χ1) is 15.3. The quantitative estimate of drug-likeness (QED) is 0.400. The summed E-state index contributed by atoms with van der Waals surface area (Å²) in [4.78, 5) is 12.1. The molecule has 0 unspecified atom stereocenters. The lowest BCUT2D eigenvalue weighted by atomic mass is 10.1. The van der Waals surface area contributed by atoms with Crippen LogP contribution in [0.15, 0.2) is 36.4 Å². The highest BCUT2D eigenvalue weighted by atomic mass is 32.2. The Kier molecular flexibility index (Phi) is 8.42. The summed E-state index contributed by atoms with van der Waals surface area (Å²) in [5, 5.41) is 2.37. The molecule has 0 saturated carbocycles. The number of sulfonamides is 1. The number of nitrogens with one attached hydrogen (secondary N) is 2. The molecule has 0 heterocycles. The van der Waals surface area contributed by atoms with Crippen molar-refractivity contribution >= 4 is 27.7 Å². The van der Waals surface area contributed by atoms with Crippen LogP contribution >= 0.6 is 0 Å². The van der Waals surface area contributed by atoms with E-state index in [0.717, 1.165) is 42.7 Å². The van der Waals surface area contributed by atoms with E-state index in [0.29, 0.717) is 6.42 Å². The van der Waals surface area contributed by atoms with Gasteiger partial charge in [-0.25, -0.2) is 17.2 Å². The van der Waals surface area contributed by atoms with Gasteiger partial charge in [0.1, 0.15) is 11.4 Å². The smallest absolute Gasteiger partial charge is 0.416 e. The third-order valence-corrected chi connectivity index (χ3v) is 4.65. The minimum Gasteiger partial charge on any atom is -0.493 e. The summed E-state index contributed by atoms with van der Waals surface area (Å²) in [7, 11) is -3.90. The zero-order valence-electron chi connectivity index (χ0n) is 17.6. The fourth-order valence-corrected chi connectivity index (χ4v) is 3.18. The molecule has 0 aromatic heterocycles. The number of amides is 1. The summed E-state index contributed by atoms with van der Waals surface area (Å²) < 4.78 is 96.2. The number of rotatable bonds is 9. The zero-order chi connectivity index (χ0) is 24.8. The van der Waals surface area contributed by atoms with Gasteiger partial charge in [0.05, 0.1) is 18.4 Å². The Morgan fingerprint density at radius 3 is 2.30 bits per heavy atom. The van der Waals surface area contributed by atoms with Crippen LogP contribution in [0.4, 0.5) is 27.6 Å². The molecule has 0 aliphatic carbocycles. The van der Waals surface area contributed by atoms with E-state index in [-0.39, 0.29) is 30.0 Å². The molecular weight excluding hydrogens is 471 g/mol. The van der Waals surface area contributed by atoms with Gasteiger partial charge in [0, 0.05) is 18.2 Å². The normalized spacial score (nSPS) is 12.1. The maximum absolute atomic E-state index is 14.0. The number of carbonyl (C=O) groups is 1. The molecule has 0 spiro atoms. The highest BCUT2D eigenvalue weighted by molar-refractivity contribution is 7.92. The lowest BCUT2D eigenvalue weighted by Crippen LogP contribution is -2.21. The first-order valence-electron chi connectivity index (χ1n) is 9.56. The summed E-state index contributed by atoms with van der Waals surface area (Å²) in [5.41, 5.74) is -1.48. The number of halogens is 5. The average Bonchev–Trinajstić information content (AvgIpc) is 2.70. The van der Waals surface area contributed by atoms with E-state index < -0.39 is 45.0 Å². The van der Waals surface area contributed by atoms with Gasteiger partial charge in [-0.05, 0) is 42.3 Å². The van der Waals surface area contributed by atoms with Crippen molar-refractivity contribution in [1.82, 2.24) is 5.32 Å². The Hall–Kier alpha value is -3.15. The number of alkyl halides is 3. The van der Waals surface area contributed by atoms with Crippen LogP contribution in [-0.4, -0.2) is 27.2 Å². The summed E-state index contributed by atoms with van der Waals surface area (Å²) in [5.74, 6) is -3.06. The molecule has 2 aromatic rings. The van der Waals surface area contributed by atoms with Gasteiger partial charge in [0.15, 0.2) is 11.6 Å². The van der Waals surface area contributed by atoms with Crippen molar-refractivity contribution in [3.63, 3.8) is 0 Å². The Labute approximate surface area is 187 Å². The molecule has 0 bridgehead atoms. The number of ether oxygens (including phenoxy) is 1. The molecule has 1 amide bonds. The maximum Gasteiger partial charge on any atom is 0.416 e. The van der Waals surface area contributed by atoms with Crippen molar-refractivity contribution in [2.45, 2.75) is 26.1 Å². The highest BCUT2D eigenvalue weighted by Gasteiger charge is 2.31. The third-order valence-electron chi connectivity index (χ3n) is 4.07. The van der Waals surface area contributed by atoms with Gasteiger partial charge in [0.25, 0.3) is 0 Å². The molecule has 0 fully saturated rings. The molecule has 6 nitrogen and oxygen atoms in total.